The van der Waals surface area contributed by atoms with Crippen molar-refractivity contribution in [1.29, 1.82) is 0 Å². The third-order valence-electron chi connectivity index (χ3n) is 3.64. The van der Waals surface area contributed by atoms with Gasteiger partial charge in [-0.05, 0) is 33.6 Å². The van der Waals surface area contributed by atoms with E-state index in [0.717, 1.165) is 0 Å². The summed E-state index contributed by atoms with van der Waals surface area (Å²) in [5, 5.41) is 3.47. The standard InChI is InChI=1S/C16H30N2O4/c1-16(2,3)22-15(20)18(11-9-14(19)21-4)12-10-17-13-7-5-6-8-13/h13,17H,5-12H2,1-4H3. The molecular formula is C16H30N2O4. The lowest BCUT2D eigenvalue weighted by atomic mass is 10.2. The summed E-state index contributed by atoms with van der Waals surface area (Å²) >= 11 is 0. The summed E-state index contributed by atoms with van der Waals surface area (Å²) in [5.74, 6) is -0.322. The van der Waals surface area contributed by atoms with E-state index in [1.54, 1.807) is 4.90 Å². The molecule has 1 fully saturated rings. The zero-order valence-corrected chi connectivity index (χ0v) is 14.3. The van der Waals surface area contributed by atoms with Crippen molar-refractivity contribution in [3.05, 3.63) is 0 Å². The van der Waals surface area contributed by atoms with Crippen LogP contribution in [-0.2, 0) is 14.3 Å². The summed E-state index contributed by atoms with van der Waals surface area (Å²) in [7, 11) is 1.35. The number of nitrogens with zero attached hydrogens (tertiary/aromatic N) is 1. The number of carbonyl (C=O) groups excluding carboxylic acids is 2. The van der Waals surface area contributed by atoms with Crippen LogP contribution in [0, 0.1) is 0 Å². The summed E-state index contributed by atoms with van der Waals surface area (Å²) in [5.41, 5.74) is -0.542. The van der Waals surface area contributed by atoms with Crippen LogP contribution >= 0.6 is 0 Å². The fourth-order valence-electron chi connectivity index (χ4n) is 2.48. The predicted octanol–water partition coefficient (Wildman–Crippen LogP) is 2.32. The van der Waals surface area contributed by atoms with Gasteiger partial charge in [0.15, 0.2) is 0 Å². The largest absolute Gasteiger partial charge is 0.469 e. The van der Waals surface area contributed by atoms with Crippen LogP contribution < -0.4 is 5.32 Å². The zero-order valence-electron chi connectivity index (χ0n) is 14.3. The first-order chi connectivity index (χ1) is 10.3. The Morgan fingerprint density at radius 1 is 1.18 bits per heavy atom. The van der Waals surface area contributed by atoms with Gasteiger partial charge in [-0.25, -0.2) is 4.79 Å². The van der Waals surface area contributed by atoms with Crippen molar-refractivity contribution in [2.24, 2.45) is 0 Å². The van der Waals surface area contributed by atoms with E-state index in [0.29, 0.717) is 25.7 Å². The number of nitrogens with one attached hydrogen (secondary N) is 1. The Balaban J connectivity index is 2.44. The molecule has 1 aliphatic carbocycles. The maximum Gasteiger partial charge on any atom is 0.410 e. The van der Waals surface area contributed by atoms with E-state index in [9.17, 15) is 9.59 Å². The molecule has 0 bridgehead atoms. The van der Waals surface area contributed by atoms with Crippen molar-refractivity contribution in [3.63, 3.8) is 0 Å². The summed E-state index contributed by atoms with van der Waals surface area (Å²) in [6.45, 7) is 7.06. The summed E-state index contributed by atoms with van der Waals surface area (Å²) in [6.07, 6.45) is 4.75. The Hall–Kier alpha value is -1.30. The molecule has 0 heterocycles. The van der Waals surface area contributed by atoms with Gasteiger partial charge in [0.2, 0.25) is 0 Å². The summed E-state index contributed by atoms with van der Waals surface area (Å²) in [4.78, 5) is 25.1. The minimum atomic E-state index is -0.542. The van der Waals surface area contributed by atoms with Crippen LogP contribution in [0.1, 0.15) is 52.9 Å². The number of hydrogen-bond donors (Lipinski definition) is 1. The fraction of sp³-hybridized carbons (Fsp3) is 0.875. The lowest BCUT2D eigenvalue weighted by Gasteiger charge is -2.27. The molecule has 0 unspecified atom stereocenters. The highest BCUT2D eigenvalue weighted by atomic mass is 16.6. The van der Waals surface area contributed by atoms with Crippen LogP contribution in [0.5, 0.6) is 0 Å². The third-order valence-corrected chi connectivity index (χ3v) is 3.64. The average molecular weight is 314 g/mol. The summed E-state index contributed by atoms with van der Waals surface area (Å²) < 4.78 is 10.0. The quantitative estimate of drug-likeness (QED) is 0.730. The van der Waals surface area contributed by atoms with Gasteiger partial charge in [0.25, 0.3) is 0 Å². The van der Waals surface area contributed by atoms with E-state index >= 15 is 0 Å². The van der Waals surface area contributed by atoms with Gasteiger partial charge in [0, 0.05) is 25.7 Å². The van der Waals surface area contributed by atoms with Gasteiger partial charge < -0.3 is 19.7 Å². The fourth-order valence-corrected chi connectivity index (χ4v) is 2.48. The lowest BCUT2D eigenvalue weighted by Crippen LogP contribution is -2.42. The third kappa shape index (κ3) is 7.64. The highest BCUT2D eigenvalue weighted by molar-refractivity contribution is 5.72. The minimum Gasteiger partial charge on any atom is -0.469 e. The molecule has 6 heteroatoms. The highest BCUT2D eigenvalue weighted by Gasteiger charge is 2.23. The first kappa shape index (κ1) is 18.7. The van der Waals surface area contributed by atoms with Gasteiger partial charge in [-0.2, -0.15) is 0 Å². The van der Waals surface area contributed by atoms with Gasteiger partial charge in [-0.3, -0.25) is 4.79 Å². The Bertz CT molecular complexity index is 360. The Labute approximate surface area is 133 Å². The van der Waals surface area contributed by atoms with Crippen molar-refractivity contribution < 1.29 is 19.1 Å². The Morgan fingerprint density at radius 3 is 2.36 bits per heavy atom. The van der Waals surface area contributed by atoms with Crippen LogP contribution in [0.15, 0.2) is 0 Å². The molecule has 1 amide bonds. The normalized spacial score (nSPS) is 15.6. The number of hydrogen-bond acceptors (Lipinski definition) is 5. The number of ether oxygens (including phenoxy) is 2. The molecule has 0 saturated heterocycles. The number of esters is 1. The molecular weight excluding hydrogens is 284 g/mol. The smallest absolute Gasteiger partial charge is 0.410 e. The predicted molar refractivity (Wildman–Crippen MR) is 84.7 cm³/mol. The lowest BCUT2D eigenvalue weighted by molar-refractivity contribution is -0.140. The molecule has 0 aromatic carbocycles. The number of methoxy groups -OCH3 is 1. The molecule has 0 aromatic heterocycles. The molecule has 1 saturated carbocycles. The van der Waals surface area contributed by atoms with Gasteiger partial charge in [0.05, 0.1) is 13.5 Å². The monoisotopic (exact) mass is 314 g/mol. The molecule has 0 atom stereocenters. The van der Waals surface area contributed by atoms with Crippen LogP contribution in [0.25, 0.3) is 0 Å². The van der Waals surface area contributed by atoms with Crippen molar-refractivity contribution in [2.75, 3.05) is 26.7 Å². The molecule has 0 spiro atoms. The second-order valence-electron chi connectivity index (χ2n) is 6.73. The molecule has 0 radical (unpaired) electrons. The van der Waals surface area contributed by atoms with Gasteiger partial charge >= 0.3 is 12.1 Å². The summed E-state index contributed by atoms with van der Waals surface area (Å²) in [6, 6.07) is 0.557. The molecule has 1 N–H and O–H groups in total. The molecule has 1 rings (SSSR count). The Kier molecular flexibility index (Phi) is 7.65. The van der Waals surface area contributed by atoms with Crippen molar-refractivity contribution in [2.45, 2.75) is 64.5 Å². The maximum absolute atomic E-state index is 12.2. The van der Waals surface area contributed by atoms with E-state index in [2.05, 4.69) is 10.1 Å². The average Bonchev–Trinajstić information content (AvgIpc) is 2.93. The molecule has 0 aliphatic heterocycles. The SMILES string of the molecule is COC(=O)CCN(CCNC1CCCC1)C(=O)OC(C)(C)C. The van der Waals surface area contributed by atoms with E-state index in [1.807, 2.05) is 20.8 Å². The number of amides is 1. The van der Waals surface area contributed by atoms with E-state index in [-0.39, 0.29) is 18.5 Å². The van der Waals surface area contributed by atoms with Gasteiger partial charge in [-0.1, -0.05) is 12.8 Å². The number of carbonyl (C=O) groups is 2. The number of rotatable bonds is 7. The van der Waals surface area contributed by atoms with Crippen LogP contribution in [0.2, 0.25) is 0 Å². The zero-order chi connectivity index (χ0) is 16.6. The molecule has 128 valence electrons. The van der Waals surface area contributed by atoms with Crippen molar-refractivity contribution in [1.82, 2.24) is 10.2 Å². The first-order valence-corrected chi connectivity index (χ1v) is 8.10. The first-order valence-electron chi connectivity index (χ1n) is 8.10. The van der Waals surface area contributed by atoms with E-state index < -0.39 is 5.60 Å². The van der Waals surface area contributed by atoms with Crippen LogP contribution in [0.4, 0.5) is 4.79 Å². The van der Waals surface area contributed by atoms with E-state index in [1.165, 1.54) is 32.8 Å². The molecule has 22 heavy (non-hydrogen) atoms. The topological polar surface area (TPSA) is 67.9 Å². The van der Waals surface area contributed by atoms with Crippen LogP contribution in [0.3, 0.4) is 0 Å². The highest BCUT2D eigenvalue weighted by Crippen LogP contribution is 2.17. The van der Waals surface area contributed by atoms with Crippen molar-refractivity contribution in [3.8, 4) is 0 Å². The van der Waals surface area contributed by atoms with Crippen LogP contribution in [-0.4, -0.2) is 55.3 Å². The minimum absolute atomic E-state index is 0.180. The van der Waals surface area contributed by atoms with E-state index in [4.69, 9.17) is 4.74 Å². The Morgan fingerprint density at radius 2 is 1.82 bits per heavy atom. The van der Waals surface area contributed by atoms with Crippen molar-refractivity contribution >= 4 is 12.1 Å². The molecule has 6 nitrogen and oxygen atoms in total. The van der Waals surface area contributed by atoms with Gasteiger partial charge in [0.1, 0.15) is 5.60 Å². The van der Waals surface area contributed by atoms with Gasteiger partial charge in [-0.15, -0.1) is 0 Å². The molecule has 1 aliphatic rings. The second-order valence-corrected chi connectivity index (χ2v) is 6.73. The second kappa shape index (κ2) is 8.98. The maximum atomic E-state index is 12.2. The molecule has 0 aromatic rings.